The number of rotatable bonds is 6. The van der Waals surface area contributed by atoms with Gasteiger partial charge in [-0.25, -0.2) is 14.2 Å². The van der Waals surface area contributed by atoms with Crippen LogP contribution in [0.4, 0.5) is 10.1 Å². The lowest BCUT2D eigenvalue weighted by atomic mass is 10.0. The van der Waals surface area contributed by atoms with Gasteiger partial charge in [0.2, 0.25) is 0 Å². The molecule has 0 radical (unpaired) electrons. The molecule has 0 aliphatic heterocycles. The van der Waals surface area contributed by atoms with Gasteiger partial charge in [0.15, 0.2) is 6.61 Å². The first kappa shape index (κ1) is 19.4. The molecule has 1 amide bonds. The highest BCUT2D eigenvalue weighted by molar-refractivity contribution is 6.00. The summed E-state index contributed by atoms with van der Waals surface area (Å²) in [6.07, 6.45) is 0. The summed E-state index contributed by atoms with van der Waals surface area (Å²) in [6.45, 7) is 1.36. The van der Waals surface area contributed by atoms with Gasteiger partial charge in [-0.2, -0.15) is 0 Å². The van der Waals surface area contributed by atoms with Crippen LogP contribution in [0, 0.1) is 12.7 Å². The van der Waals surface area contributed by atoms with Crippen molar-refractivity contribution in [1.29, 1.82) is 0 Å². The molecule has 0 fully saturated rings. The number of hydrogen-bond acceptors (Lipinski definition) is 5. The molecule has 6 nitrogen and oxygen atoms in total. The van der Waals surface area contributed by atoms with E-state index in [-0.39, 0.29) is 17.9 Å². The minimum Gasteiger partial charge on any atom is -0.452 e. The SMILES string of the molecule is COCc1nc2ccccc2c(C)c1C(=O)OCC(=O)Nc1ccccc1F. The maximum atomic E-state index is 13.6. The van der Waals surface area contributed by atoms with E-state index in [0.29, 0.717) is 11.3 Å². The lowest BCUT2D eigenvalue weighted by Crippen LogP contribution is -2.22. The number of aromatic nitrogens is 1. The van der Waals surface area contributed by atoms with Crippen LogP contribution in [0.5, 0.6) is 0 Å². The molecule has 0 aliphatic carbocycles. The van der Waals surface area contributed by atoms with Crippen molar-refractivity contribution < 1.29 is 23.5 Å². The summed E-state index contributed by atoms with van der Waals surface area (Å²) in [6, 6.07) is 13.2. The predicted octanol–water partition coefficient (Wildman–Crippen LogP) is 3.62. The second kappa shape index (κ2) is 8.58. The van der Waals surface area contributed by atoms with Gasteiger partial charge in [-0.1, -0.05) is 30.3 Å². The number of aryl methyl sites for hydroxylation is 1. The maximum absolute atomic E-state index is 13.6. The molecule has 7 heteroatoms. The van der Waals surface area contributed by atoms with Crippen LogP contribution in [-0.2, 0) is 20.9 Å². The molecular formula is C21H19FN2O4. The van der Waals surface area contributed by atoms with Gasteiger partial charge in [-0.05, 0) is 30.7 Å². The maximum Gasteiger partial charge on any atom is 0.340 e. The zero-order valence-corrected chi connectivity index (χ0v) is 15.5. The number of carbonyl (C=O) groups excluding carboxylic acids is 2. The van der Waals surface area contributed by atoms with Crippen LogP contribution >= 0.6 is 0 Å². The molecule has 28 heavy (non-hydrogen) atoms. The first-order valence-corrected chi connectivity index (χ1v) is 8.60. The topological polar surface area (TPSA) is 77.5 Å². The lowest BCUT2D eigenvalue weighted by molar-refractivity contribution is -0.119. The van der Waals surface area contributed by atoms with Crippen molar-refractivity contribution in [2.24, 2.45) is 0 Å². The van der Waals surface area contributed by atoms with E-state index in [1.165, 1.54) is 25.3 Å². The molecule has 0 unspecified atom stereocenters. The Hall–Kier alpha value is -3.32. The molecule has 144 valence electrons. The molecule has 0 aliphatic rings. The van der Waals surface area contributed by atoms with Gasteiger partial charge in [-0.15, -0.1) is 0 Å². The van der Waals surface area contributed by atoms with Gasteiger partial charge < -0.3 is 14.8 Å². The molecule has 3 rings (SSSR count). The first-order valence-electron chi connectivity index (χ1n) is 8.60. The van der Waals surface area contributed by atoms with Crippen molar-refractivity contribution in [1.82, 2.24) is 4.98 Å². The number of nitrogens with one attached hydrogen (secondary N) is 1. The van der Waals surface area contributed by atoms with Crippen molar-refractivity contribution in [2.45, 2.75) is 13.5 Å². The Kier molecular flexibility index (Phi) is 5.96. The molecule has 0 spiro atoms. The number of fused-ring (bicyclic) bond motifs is 1. The Labute approximate surface area is 161 Å². The number of anilines is 1. The highest BCUT2D eigenvalue weighted by Gasteiger charge is 2.21. The molecule has 1 aromatic heterocycles. The lowest BCUT2D eigenvalue weighted by Gasteiger charge is -2.14. The van der Waals surface area contributed by atoms with Crippen LogP contribution in [0.25, 0.3) is 10.9 Å². The summed E-state index contributed by atoms with van der Waals surface area (Å²) in [5, 5.41) is 3.18. The van der Waals surface area contributed by atoms with Crippen LogP contribution < -0.4 is 5.32 Å². The Morgan fingerprint density at radius 1 is 1.11 bits per heavy atom. The molecule has 1 heterocycles. The summed E-state index contributed by atoms with van der Waals surface area (Å²) in [5.74, 6) is -1.90. The van der Waals surface area contributed by atoms with E-state index in [1.807, 2.05) is 24.3 Å². The Morgan fingerprint density at radius 3 is 2.57 bits per heavy atom. The number of carbonyl (C=O) groups is 2. The third-order valence-corrected chi connectivity index (χ3v) is 4.19. The van der Waals surface area contributed by atoms with Gasteiger partial charge in [0.1, 0.15) is 5.82 Å². The number of halogens is 1. The number of nitrogens with zero attached hydrogens (tertiary/aromatic N) is 1. The Bertz CT molecular complexity index is 1040. The second-order valence-corrected chi connectivity index (χ2v) is 6.11. The molecule has 0 saturated heterocycles. The zero-order valence-electron chi connectivity index (χ0n) is 15.5. The minimum atomic E-state index is -0.688. The van der Waals surface area contributed by atoms with E-state index in [4.69, 9.17) is 9.47 Å². The Balaban J connectivity index is 1.79. The first-order chi connectivity index (χ1) is 13.5. The molecule has 3 aromatic rings. The molecule has 2 aromatic carbocycles. The average Bonchev–Trinajstić information content (AvgIpc) is 2.68. The number of benzene rings is 2. The van der Waals surface area contributed by atoms with E-state index in [0.717, 1.165) is 10.9 Å². The van der Waals surface area contributed by atoms with Crippen molar-refractivity contribution in [3.63, 3.8) is 0 Å². The average molecular weight is 382 g/mol. The smallest absolute Gasteiger partial charge is 0.340 e. The van der Waals surface area contributed by atoms with E-state index in [1.54, 1.807) is 13.0 Å². The summed E-state index contributed by atoms with van der Waals surface area (Å²) in [7, 11) is 1.50. The summed E-state index contributed by atoms with van der Waals surface area (Å²) in [5.41, 5.74) is 2.14. The van der Waals surface area contributed by atoms with E-state index >= 15 is 0 Å². The number of hydrogen-bond donors (Lipinski definition) is 1. The van der Waals surface area contributed by atoms with Gasteiger partial charge in [0, 0.05) is 12.5 Å². The normalized spacial score (nSPS) is 10.7. The van der Waals surface area contributed by atoms with Crippen LogP contribution in [0.15, 0.2) is 48.5 Å². The monoisotopic (exact) mass is 382 g/mol. The largest absolute Gasteiger partial charge is 0.452 e. The molecule has 0 saturated carbocycles. The number of para-hydroxylation sites is 2. The quantitative estimate of drug-likeness (QED) is 0.659. The summed E-state index contributed by atoms with van der Waals surface area (Å²) in [4.78, 5) is 29.1. The zero-order chi connectivity index (χ0) is 20.1. The number of methoxy groups -OCH3 is 1. The van der Waals surface area contributed by atoms with Crippen molar-refractivity contribution >= 4 is 28.5 Å². The van der Waals surface area contributed by atoms with Gasteiger partial charge in [-0.3, -0.25) is 4.79 Å². The highest BCUT2D eigenvalue weighted by atomic mass is 19.1. The standard InChI is InChI=1S/C21H19FN2O4/c1-13-14-7-3-5-9-16(14)23-18(11-27-2)20(13)21(26)28-12-19(25)24-17-10-6-4-8-15(17)22/h3-10H,11-12H2,1-2H3,(H,24,25). The second-order valence-electron chi connectivity index (χ2n) is 6.11. The van der Waals surface area contributed by atoms with Crippen molar-refractivity contribution in [3.8, 4) is 0 Å². The number of pyridine rings is 1. The molecule has 1 N–H and O–H groups in total. The van der Waals surface area contributed by atoms with Gasteiger partial charge >= 0.3 is 5.97 Å². The molecule has 0 atom stereocenters. The fourth-order valence-electron chi connectivity index (χ4n) is 2.90. The van der Waals surface area contributed by atoms with Crippen LogP contribution in [0.2, 0.25) is 0 Å². The number of ether oxygens (including phenoxy) is 2. The number of esters is 1. The fraction of sp³-hybridized carbons (Fsp3) is 0.190. The summed E-state index contributed by atoms with van der Waals surface area (Å²) >= 11 is 0. The fourth-order valence-corrected chi connectivity index (χ4v) is 2.90. The molecule has 0 bridgehead atoms. The Morgan fingerprint density at radius 2 is 1.82 bits per heavy atom. The third kappa shape index (κ3) is 4.15. The van der Waals surface area contributed by atoms with Gasteiger partial charge in [0.25, 0.3) is 5.91 Å². The van der Waals surface area contributed by atoms with Gasteiger partial charge in [0.05, 0.1) is 29.1 Å². The van der Waals surface area contributed by atoms with Crippen LogP contribution in [0.3, 0.4) is 0 Å². The van der Waals surface area contributed by atoms with E-state index in [2.05, 4.69) is 10.3 Å². The van der Waals surface area contributed by atoms with E-state index in [9.17, 15) is 14.0 Å². The van der Waals surface area contributed by atoms with E-state index < -0.39 is 24.3 Å². The van der Waals surface area contributed by atoms with Crippen LogP contribution in [-0.4, -0.2) is 30.6 Å². The molecular weight excluding hydrogens is 363 g/mol. The third-order valence-electron chi connectivity index (χ3n) is 4.19. The number of amides is 1. The predicted molar refractivity (Wildman–Crippen MR) is 103 cm³/mol. The highest BCUT2D eigenvalue weighted by Crippen LogP contribution is 2.24. The van der Waals surface area contributed by atoms with Crippen molar-refractivity contribution in [3.05, 3.63) is 71.2 Å². The minimum absolute atomic E-state index is 0.0205. The van der Waals surface area contributed by atoms with Crippen molar-refractivity contribution in [2.75, 3.05) is 19.0 Å². The van der Waals surface area contributed by atoms with Crippen LogP contribution in [0.1, 0.15) is 21.6 Å². The summed E-state index contributed by atoms with van der Waals surface area (Å²) < 4.78 is 23.9.